The van der Waals surface area contributed by atoms with Gasteiger partial charge in [-0.2, -0.15) is 0 Å². The molecule has 0 aliphatic rings. The van der Waals surface area contributed by atoms with Crippen LogP contribution in [0, 0.1) is 0 Å². The van der Waals surface area contributed by atoms with Crippen LogP contribution in [-0.4, -0.2) is 23.8 Å². The predicted octanol–water partition coefficient (Wildman–Crippen LogP) is 2.53. The van der Waals surface area contributed by atoms with Gasteiger partial charge in [-0.05, 0) is 6.92 Å². The van der Waals surface area contributed by atoms with E-state index in [9.17, 15) is 0 Å². The third-order valence-corrected chi connectivity index (χ3v) is 2.96. The lowest BCUT2D eigenvalue weighted by atomic mass is 10.2. The summed E-state index contributed by atoms with van der Waals surface area (Å²) >= 11 is 0. The molecule has 1 aromatic heterocycles. The van der Waals surface area contributed by atoms with Gasteiger partial charge in [-0.1, -0.05) is 0 Å². The fourth-order valence-electron chi connectivity index (χ4n) is 1.88. The zero-order valence-corrected chi connectivity index (χ0v) is 11.5. The fourth-order valence-corrected chi connectivity index (χ4v) is 1.88. The second-order valence-electron chi connectivity index (χ2n) is 4.13. The molecule has 2 aromatic rings. The van der Waals surface area contributed by atoms with Crippen molar-refractivity contribution in [3.05, 3.63) is 36.4 Å². The Hall–Kier alpha value is -2.17. The predicted molar refractivity (Wildman–Crippen MR) is 74.8 cm³/mol. The van der Waals surface area contributed by atoms with Gasteiger partial charge in [0, 0.05) is 36.6 Å². The average Bonchev–Trinajstić information content (AvgIpc) is 2.92. The lowest BCUT2D eigenvalue weighted by Crippen LogP contribution is -2.06. The van der Waals surface area contributed by atoms with E-state index in [1.165, 1.54) is 0 Å². The van der Waals surface area contributed by atoms with E-state index in [4.69, 9.17) is 9.47 Å². The SMILES string of the molecule is CCn1cncc1CNc1cc(OC)cc(OC)c1. The number of imidazole rings is 1. The second kappa shape index (κ2) is 6.13. The van der Waals surface area contributed by atoms with Gasteiger partial charge >= 0.3 is 0 Å². The number of aromatic nitrogens is 2. The molecule has 0 radical (unpaired) electrons. The van der Waals surface area contributed by atoms with Gasteiger partial charge < -0.3 is 19.4 Å². The summed E-state index contributed by atoms with van der Waals surface area (Å²) in [6.45, 7) is 3.72. The van der Waals surface area contributed by atoms with Crippen molar-refractivity contribution in [1.29, 1.82) is 0 Å². The molecule has 1 N–H and O–H groups in total. The number of hydrogen-bond donors (Lipinski definition) is 1. The van der Waals surface area contributed by atoms with Gasteiger partial charge in [0.1, 0.15) is 11.5 Å². The number of methoxy groups -OCH3 is 2. The standard InChI is InChI=1S/C14H19N3O2/c1-4-17-10-15-8-12(17)9-16-11-5-13(18-2)7-14(6-11)19-3/h5-8,10,16H,4,9H2,1-3H3. The average molecular weight is 261 g/mol. The maximum Gasteiger partial charge on any atom is 0.124 e. The van der Waals surface area contributed by atoms with Crippen LogP contribution < -0.4 is 14.8 Å². The van der Waals surface area contributed by atoms with Crippen LogP contribution in [0.25, 0.3) is 0 Å². The third kappa shape index (κ3) is 3.19. The van der Waals surface area contributed by atoms with E-state index in [0.717, 1.165) is 29.4 Å². The lowest BCUT2D eigenvalue weighted by Gasteiger charge is -2.11. The quantitative estimate of drug-likeness (QED) is 0.868. The Kier molecular flexibility index (Phi) is 4.28. The van der Waals surface area contributed by atoms with E-state index in [1.54, 1.807) is 14.2 Å². The Morgan fingerprint density at radius 3 is 2.42 bits per heavy atom. The summed E-state index contributed by atoms with van der Waals surface area (Å²) in [4.78, 5) is 4.15. The number of hydrogen-bond acceptors (Lipinski definition) is 4. The first kappa shape index (κ1) is 13.3. The number of rotatable bonds is 6. The summed E-state index contributed by atoms with van der Waals surface area (Å²) in [5.41, 5.74) is 2.10. The Balaban J connectivity index is 2.10. The summed E-state index contributed by atoms with van der Waals surface area (Å²) in [5, 5.41) is 3.35. The van der Waals surface area contributed by atoms with Crippen LogP contribution in [0.5, 0.6) is 11.5 Å². The van der Waals surface area contributed by atoms with Crippen LogP contribution in [0.4, 0.5) is 5.69 Å². The zero-order valence-electron chi connectivity index (χ0n) is 11.5. The van der Waals surface area contributed by atoms with E-state index in [-0.39, 0.29) is 0 Å². The van der Waals surface area contributed by atoms with E-state index in [1.807, 2.05) is 30.7 Å². The molecule has 2 rings (SSSR count). The van der Waals surface area contributed by atoms with Gasteiger partial charge in [0.25, 0.3) is 0 Å². The second-order valence-corrected chi connectivity index (χ2v) is 4.13. The molecular formula is C14H19N3O2. The van der Waals surface area contributed by atoms with Crippen molar-refractivity contribution in [3.8, 4) is 11.5 Å². The Morgan fingerprint density at radius 1 is 1.16 bits per heavy atom. The number of ether oxygens (including phenoxy) is 2. The maximum absolute atomic E-state index is 5.24. The van der Waals surface area contributed by atoms with Gasteiger partial charge in [-0.3, -0.25) is 0 Å². The van der Waals surface area contributed by atoms with E-state index >= 15 is 0 Å². The third-order valence-electron chi connectivity index (χ3n) is 2.96. The number of aryl methyl sites for hydroxylation is 1. The minimum absolute atomic E-state index is 0.712. The Labute approximate surface area is 113 Å². The fraction of sp³-hybridized carbons (Fsp3) is 0.357. The van der Waals surface area contributed by atoms with E-state index in [0.29, 0.717) is 6.54 Å². The van der Waals surface area contributed by atoms with Crippen molar-refractivity contribution in [2.75, 3.05) is 19.5 Å². The van der Waals surface area contributed by atoms with Crippen molar-refractivity contribution in [2.24, 2.45) is 0 Å². The molecule has 0 spiro atoms. The molecule has 0 bridgehead atoms. The molecule has 0 aliphatic heterocycles. The van der Waals surface area contributed by atoms with Crippen LogP contribution >= 0.6 is 0 Å². The normalized spacial score (nSPS) is 10.3. The highest BCUT2D eigenvalue weighted by Gasteiger charge is 2.04. The monoisotopic (exact) mass is 261 g/mol. The summed E-state index contributed by atoms with van der Waals surface area (Å²) in [6, 6.07) is 5.73. The van der Waals surface area contributed by atoms with Crippen LogP contribution in [0.1, 0.15) is 12.6 Å². The van der Waals surface area contributed by atoms with Crippen LogP contribution in [0.3, 0.4) is 0 Å². The highest BCUT2D eigenvalue weighted by Crippen LogP contribution is 2.26. The molecular weight excluding hydrogens is 242 g/mol. The van der Waals surface area contributed by atoms with Crippen molar-refractivity contribution in [1.82, 2.24) is 9.55 Å². The molecule has 1 aromatic carbocycles. The molecule has 0 saturated carbocycles. The molecule has 0 aliphatic carbocycles. The van der Waals surface area contributed by atoms with E-state index in [2.05, 4.69) is 21.8 Å². The molecule has 19 heavy (non-hydrogen) atoms. The first-order valence-electron chi connectivity index (χ1n) is 6.22. The van der Waals surface area contributed by atoms with Gasteiger partial charge in [-0.15, -0.1) is 0 Å². The minimum atomic E-state index is 0.712. The van der Waals surface area contributed by atoms with Gasteiger partial charge in [0.15, 0.2) is 0 Å². The molecule has 5 nitrogen and oxygen atoms in total. The van der Waals surface area contributed by atoms with Gasteiger partial charge in [0.05, 0.1) is 32.8 Å². The summed E-state index contributed by atoms with van der Waals surface area (Å²) in [6.07, 6.45) is 3.71. The smallest absolute Gasteiger partial charge is 0.124 e. The topological polar surface area (TPSA) is 48.3 Å². The van der Waals surface area contributed by atoms with E-state index < -0.39 is 0 Å². The highest BCUT2D eigenvalue weighted by molar-refractivity contribution is 5.53. The van der Waals surface area contributed by atoms with Gasteiger partial charge in [0.2, 0.25) is 0 Å². The molecule has 5 heteroatoms. The van der Waals surface area contributed by atoms with Crippen LogP contribution in [-0.2, 0) is 13.1 Å². The van der Waals surface area contributed by atoms with Gasteiger partial charge in [-0.25, -0.2) is 4.98 Å². The lowest BCUT2D eigenvalue weighted by molar-refractivity contribution is 0.394. The van der Waals surface area contributed by atoms with Crippen molar-refractivity contribution in [3.63, 3.8) is 0 Å². The minimum Gasteiger partial charge on any atom is -0.497 e. The molecule has 0 saturated heterocycles. The highest BCUT2D eigenvalue weighted by atomic mass is 16.5. The van der Waals surface area contributed by atoms with Crippen molar-refractivity contribution >= 4 is 5.69 Å². The molecule has 0 amide bonds. The molecule has 0 unspecified atom stereocenters. The molecule has 0 atom stereocenters. The van der Waals surface area contributed by atoms with Crippen molar-refractivity contribution in [2.45, 2.75) is 20.0 Å². The molecule has 102 valence electrons. The first-order chi connectivity index (χ1) is 9.26. The Bertz CT molecular complexity index is 515. The van der Waals surface area contributed by atoms with Crippen LogP contribution in [0.15, 0.2) is 30.7 Å². The molecule has 0 fully saturated rings. The number of nitrogens with one attached hydrogen (secondary N) is 1. The Morgan fingerprint density at radius 2 is 1.84 bits per heavy atom. The summed E-state index contributed by atoms with van der Waals surface area (Å²) in [7, 11) is 3.29. The first-order valence-corrected chi connectivity index (χ1v) is 6.22. The van der Waals surface area contributed by atoms with Crippen LogP contribution in [0.2, 0.25) is 0 Å². The summed E-state index contributed by atoms with van der Waals surface area (Å²) < 4.78 is 12.6. The maximum atomic E-state index is 5.24. The largest absolute Gasteiger partial charge is 0.497 e. The molecule has 1 heterocycles. The number of anilines is 1. The number of benzene rings is 1. The number of nitrogens with zero attached hydrogens (tertiary/aromatic N) is 2. The van der Waals surface area contributed by atoms with Crippen molar-refractivity contribution < 1.29 is 9.47 Å². The summed E-state index contributed by atoms with van der Waals surface area (Å²) in [5.74, 6) is 1.54. The zero-order chi connectivity index (χ0) is 13.7.